The van der Waals surface area contributed by atoms with Crippen molar-refractivity contribution in [2.75, 3.05) is 0 Å². The van der Waals surface area contributed by atoms with E-state index in [1.165, 1.54) is 0 Å². The maximum Gasteiger partial charge on any atom is 0.308 e. The fraction of sp³-hybridized carbons (Fsp3) is 0.167. The number of nitrogens with two attached hydrogens (primary N) is 1. The summed E-state index contributed by atoms with van der Waals surface area (Å²) >= 11 is 0. The third-order valence-corrected chi connectivity index (χ3v) is 2.44. The zero-order valence-corrected chi connectivity index (χ0v) is 9.78. The van der Waals surface area contributed by atoms with Gasteiger partial charge in [0.15, 0.2) is 6.10 Å². The van der Waals surface area contributed by atoms with E-state index in [0.29, 0.717) is 0 Å². The van der Waals surface area contributed by atoms with E-state index in [4.69, 9.17) is 10.5 Å². The summed E-state index contributed by atoms with van der Waals surface area (Å²) in [6.07, 6.45) is -1.59. The summed E-state index contributed by atoms with van der Waals surface area (Å²) in [5, 5.41) is 0. The molecular formula is C12H9F2NO4. The lowest BCUT2D eigenvalue weighted by molar-refractivity contribution is -0.140. The second-order valence-corrected chi connectivity index (χ2v) is 3.78. The van der Waals surface area contributed by atoms with Crippen LogP contribution in [0.2, 0.25) is 0 Å². The number of halogens is 2. The van der Waals surface area contributed by atoms with Gasteiger partial charge in [0.1, 0.15) is 11.6 Å². The van der Waals surface area contributed by atoms with Gasteiger partial charge in [0, 0.05) is 6.92 Å². The molecule has 0 amide bonds. The number of hydrogen-bond donors (Lipinski definition) is 1. The molecule has 1 heterocycles. The number of hydrogen-bond acceptors (Lipinski definition) is 5. The molecule has 0 bridgehead atoms. The molecule has 0 aromatic heterocycles. The minimum Gasteiger partial charge on any atom is -0.460 e. The van der Waals surface area contributed by atoms with E-state index in [-0.39, 0.29) is 0 Å². The number of ketones is 1. The van der Waals surface area contributed by atoms with Crippen molar-refractivity contribution in [3.05, 3.63) is 47.0 Å². The largest absolute Gasteiger partial charge is 0.460 e. The molecule has 5 nitrogen and oxygen atoms in total. The number of carbonyl (C=O) groups is 2. The standard InChI is InChI=1S/C12H9F2NO4/c1-5(16)18-11-9(17)10(19-12(11)15)8-6(13)3-2-4-7(8)14/h2-4,10H,15H2,1H3. The van der Waals surface area contributed by atoms with E-state index >= 15 is 0 Å². The van der Waals surface area contributed by atoms with Crippen molar-refractivity contribution in [1.82, 2.24) is 0 Å². The van der Waals surface area contributed by atoms with Gasteiger partial charge in [-0.3, -0.25) is 9.59 Å². The second-order valence-electron chi connectivity index (χ2n) is 3.78. The molecule has 0 saturated heterocycles. The van der Waals surface area contributed by atoms with E-state index in [1.807, 2.05) is 0 Å². The Kier molecular flexibility index (Phi) is 3.20. The first-order valence-corrected chi connectivity index (χ1v) is 5.24. The maximum absolute atomic E-state index is 13.6. The van der Waals surface area contributed by atoms with Gasteiger partial charge in [0.25, 0.3) is 0 Å². The average molecular weight is 269 g/mol. The first-order chi connectivity index (χ1) is 8.91. The quantitative estimate of drug-likeness (QED) is 0.818. The molecule has 1 aliphatic heterocycles. The normalized spacial score (nSPS) is 18.5. The highest BCUT2D eigenvalue weighted by Gasteiger charge is 2.40. The Balaban J connectivity index is 2.37. The number of esters is 1. The minimum atomic E-state index is -1.59. The molecular weight excluding hydrogens is 260 g/mol. The summed E-state index contributed by atoms with van der Waals surface area (Å²) in [6.45, 7) is 1.06. The zero-order valence-electron chi connectivity index (χ0n) is 9.78. The lowest BCUT2D eigenvalue weighted by Gasteiger charge is -2.11. The van der Waals surface area contributed by atoms with E-state index in [2.05, 4.69) is 4.74 Å². The number of Topliss-reactive ketones (excluding diaryl/α,β-unsaturated/α-hetero) is 1. The molecule has 0 fully saturated rings. The van der Waals surface area contributed by atoms with E-state index in [0.717, 1.165) is 25.1 Å². The fourth-order valence-corrected chi connectivity index (χ4v) is 1.67. The summed E-state index contributed by atoms with van der Waals surface area (Å²) in [6, 6.07) is 3.11. The van der Waals surface area contributed by atoms with E-state index < -0.39 is 46.7 Å². The van der Waals surface area contributed by atoms with Crippen LogP contribution in [0.1, 0.15) is 18.6 Å². The minimum absolute atomic E-state index is 0.479. The van der Waals surface area contributed by atoms with E-state index in [1.54, 1.807) is 0 Å². The van der Waals surface area contributed by atoms with Gasteiger partial charge in [-0.2, -0.15) is 0 Å². The van der Waals surface area contributed by atoms with Gasteiger partial charge in [0.2, 0.25) is 17.4 Å². The van der Waals surface area contributed by atoms with Gasteiger partial charge in [-0.25, -0.2) is 8.78 Å². The molecule has 1 aliphatic rings. The van der Waals surface area contributed by atoms with Crippen LogP contribution in [0.25, 0.3) is 0 Å². The Morgan fingerprint density at radius 3 is 2.47 bits per heavy atom. The molecule has 0 saturated carbocycles. The molecule has 100 valence electrons. The van der Waals surface area contributed by atoms with Crippen LogP contribution in [-0.2, 0) is 19.1 Å². The number of ether oxygens (including phenoxy) is 2. The van der Waals surface area contributed by atoms with Gasteiger partial charge in [0.05, 0.1) is 5.56 Å². The Morgan fingerprint density at radius 1 is 1.37 bits per heavy atom. The molecule has 0 aliphatic carbocycles. The van der Waals surface area contributed by atoms with Crippen LogP contribution in [0, 0.1) is 11.6 Å². The molecule has 0 radical (unpaired) electrons. The van der Waals surface area contributed by atoms with Gasteiger partial charge >= 0.3 is 5.97 Å². The Morgan fingerprint density at radius 2 is 1.95 bits per heavy atom. The number of rotatable bonds is 2. The molecule has 19 heavy (non-hydrogen) atoms. The second kappa shape index (κ2) is 4.68. The van der Waals surface area contributed by atoms with Crippen molar-refractivity contribution in [3.8, 4) is 0 Å². The zero-order chi connectivity index (χ0) is 14.2. The first kappa shape index (κ1) is 13.0. The van der Waals surface area contributed by atoms with Crippen molar-refractivity contribution in [2.45, 2.75) is 13.0 Å². The molecule has 1 unspecified atom stereocenters. The Bertz CT molecular complexity index is 577. The number of carbonyl (C=O) groups excluding carboxylic acids is 2. The summed E-state index contributed by atoms with van der Waals surface area (Å²) in [5.41, 5.74) is 4.79. The topological polar surface area (TPSA) is 78.6 Å². The van der Waals surface area contributed by atoms with Crippen LogP contribution in [-0.4, -0.2) is 11.8 Å². The average Bonchev–Trinajstić information content (AvgIpc) is 2.57. The maximum atomic E-state index is 13.6. The summed E-state index contributed by atoms with van der Waals surface area (Å²) < 4.78 is 36.6. The lowest BCUT2D eigenvalue weighted by atomic mass is 10.0. The highest BCUT2D eigenvalue weighted by Crippen LogP contribution is 2.34. The molecule has 7 heteroatoms. The molecule has 1 atom stereocenters. The van der Waals surface area contributed by atoms with Crippen molar-refractivity contribution >= 4 is 11.8 Å². The molecule has 1 aromatic rings. The summed E-state index contributed by atoms with van der Waals surface area (Å²) in [7, 11) is 0. The lowest BCUT2D eigenvalue weighted by Crippen LogP contribution is -2.15. The fourth-order valence-electron chi connectivity index (χ4n) is 1.67. The molecule has 0 spiro atoms. The van der Waals surface area contributed by atoms with Gasteiger partial charge in [-0.15, -0.1) is 0 Å². The predicted molar refractivity (Wildman–Crippen MR) is 58.2 cm³/mol. The van der Waals surface area contributed by atoms with Crippen LogP contribution >= 0.6 is 0 Å². The molecule has 2 rings (SSSR count). The van der Waals surface area contributed by atoms with Crippen molar-refractivity contribution in [1.29, 1.82) is 0 Å². The van der Waals surface area contributed by atoms with Gasteiger partial charge < -0.3 is 15.2 Å². The Labute approximate surface area is 106 Å². The molecule has 1 aromatic carbocycles. The van der Waals surface area contributed by atoms with Crippen LogP contribution in [0.3, 0.4) is 0 Å². The van der Waals surface area contributed by atoms with Gasteiger partial charge in [-0.1, -0.05) is 6.07 Å². The summed E-state index contributed by atoms with van der Waals surface area (Å²) in [5.74, 6) is -4.61. The summed E-state index contributed by atoms with van der Waals surface area (Å²) in [4.78, 5) is 22.7. The van der Waals surface area contributed by atoms with Crippen LogP contribution in [0.4, 0.5) is 8.78 Å². The SMILES string of the molecule is CC(=O)OC1=C(N)OC(c2c(F)cccc2F)C1=O. The third-order valence-electron chi connectivity index (χ3n) is 2.44. The number of benzene rings is 1. The van der Waals surface area contributed by atoms with Crippen LogP contribution in [0.5, 0.6) is 0 Å². The van der Waals surface area contributed by atoms with Crippen molar-refractivity contribution in [3.63, 3.8) is 0 Å². The van der Waals surface area contributed by atoms with Crippen LogP contribution < -0.4 is 5.73 Å². The monoisotopic (exact) mass is 269 g/mol. The third kappa shape index (κ3) is 2.26. The van der Waals surface area contributed by atoms with Crippen molar-refractivity contribution < 1.29 is 27.8 Å². The smallest absolute Gasteiger partial charge is 0.308 e. The highest BCUT2D eigenvalue weighted by atomic mass is 19.1. The Hall–Kier alpha value is -2.44. The van der Waals surface area contributed by atoms with Crippen molar-refractivity contribution in [2.24, 2.45) is 5.73 Å². The van der Waals surface area contributed by atoms with Gasteiger partial charge in [-0.05, 0) is 12.1 Å². The van der Waals surface area contributed by atoms with Crippen LogP contribution in [0.15, 0.2) is 29.8 Å². The highest BCUT2D eigenvalue weighted by molar-refractivity contribution is 6.01. The predicted octanol–water partition coefficient (Wildman–Crippen LogP) is 1.30. The molecule has 2 N–H and O–H groups in total. The first-order valence-electron chi connectivity index (χ1n) is 5.24. The van der Waals surface area contributed by atoms with E-state index in [9.17, 15) is 18.4 Å².